The van der Waals surface area contributed by atoms with E-state index in [-0.39, 0.29) is 29.2 Å². The molecule has 0 aromatic heterocycles. The van der Waals surface area contributed by atoms with Crippen LogP contribution in [0, 0.1) is 0 Å². The number of anilines is 2. The van der Waals surface area contributed by atoms with Gasteiger partial charge in [0.15, 0.2) is 0 Å². The number of nitrogens with one attached hydrogen (secondary N) is 3. The molecule has 0 atom stereocenters. The molecule has 29 heavy (non-hydrogen) atoms. The molecule has 154 valence electrons. The van der Waals surface area contributed by atoms with E-state index in [0.717, 1.165) is 11.9 Å². The molecule has 1 heterocycles. The molecule has 2 aromatic rings. The number of nitrogens with zero attached hydrogens (tertiary/aromatic N) is 1. The van der Waals surface area contributed by atoms with Gasteiger partial charge in [-0.15, -0.1) is 0 Å². The summed E-state index contributed by atoms with van der Waals surface area (Å²) in [7, 11) is -3.49. The lowest BCUT2D eigenvalue weighted by molar-refractivity contribution is 0.0920. The second-order valence-corrected chi connectivity index (χ2v) is 8.70. The summed E-state index contributed by atoms with van der Waals surface area (Å²) in [6.45, 7) is 1.04. The standard InChI is InChI=1S/C20H24N4O4S/c1-29(27,28)23-18-10-6-5-9-17(18)19(25)21-16-11-13-24(14-12-16)20(26)22-15-7-3-2-4-8-15/h2-10,16,23H,11-14H2,1H3,(H,21,25)(H,22,26). The Kier molecular flexibility index (Phi) is 6.38. The number of likely N-dealkylation sites (tertiary alicyclic amines) is 1. The summed E-state index contributed by atoms with van der Waals surface area (Å²) in [6.07, 6.45) is 2.28. The first kappa shape index (κ1) is 20.7. The van der Waals surface area contributed by atoms with Crippen LogP contribution < -0.4 is 15.4 Å². The van der Waals surface area contributed by atoms with Crippen LogP contribution in [0.25, 0.3) is 0 Å². The average Bonchev–Trinajstić information content (AvgIpc) is 2.68. The van der Waals surface area contributed by atoms with Crippen molar-refractivity contribution in [2.75, 3.05) is 29.4 Å². The number of amides is 3. The van der Waals surface area contributed by atoms with Crippen molar-refractivity contribution < 1.29 is 18.0 Å². The van der Waals surface area contributed by atoms with Crippen LogP contribution in [0.2, 0.25) is 0 Å². The Labute approximate surface area is 170 Å². The first-order chi connectivity index (χ1) is 13.8. The zero-order chi connectivity index (χ0) is 20.9. The predicted octanol–water partition coefficient (Wildman–Crippen LogP) is 2.48. The van der Waals surface area contributed by atoms with Crippen LogP contribution in [0.15, 0.2) is 54.6 Å². The molecule has 1 fully saturated rings. The molecule has 1 aliphatic rings. The summed E-state index contributed by atoms with van der Waals surface area (Å²) in [5, 5.41) is 5.80. The van der Waals surface area contributed by atoms with E-state index in [1.165, 1.54) is 0 Å². The van der Waals surface area contributed by atoms with E-state index in [1.807, 2.05) is 30.3 Å². The number of hydrogen-bond donors (Lipinski definition) is 3. The molecule has 2 aromatic carbocycles. The fraction of sp³-hybridized carbons (Fsp3) is 0.300. The first-order valence-corrected chi connectivity index (χ1v) is 11.2. The van der Waals surface area contributed by atoms with Gasteiger partial charge in [0.25, 0.3) is 5.91 Å². The molecule has 0 bridgehead atoms. The molecule has 0 spiro atoms. The molecule has 9 heteroatoms. The van der Waals surface area contributed by atoms with Crippen molar-refractivity contribution in [2.24, 2.45) is 0 Å². The molecule has 3 N–H and O–H groups in total. The van der Waals surface area contributed by atoms with Gasteiger partial charge >= 0.3 is 6.03 Å². The van der Waals surface area contributed by atoms with Gasteiger partial charge < -0.3 is 15.5 Å². The minimum absolute atomic E-state index is 0.0884. The molecule has 8 nitrogen and oxygen atoms in total. The first-order valence-electron chi connectivity index (χ1n) is 9.30. The number of piperidine rings is 1. The smallest absolute Gasteiger partial charge is 0.321 e. The topological polar surface area (TPSA) is 108 Å². The Balaban J connectivity index is 1.54. The minimum Gasteiger partial charge on any atom is -0.349 e. The molecule has 3 rings (SSSR count). The van der Waals surface area contributed by atoms with Gasteiger partial charge in [0.05, 0.1) is 17.5 Å². The quantitative estimate of drug-likeness (QED) is 0.696. The van der Waals surface area contributed by atoms with E-state index in [1.54, 1.807) is 29.2 Å². The van der Waals surface area contributed by atoms with Crippen molar-refractivity contribution in [1.82, 2.24) is 10.2 Å². The molecular formula is C20H24N4O4S. The van der Waals surface area contributed by atoms with Crippen LogP contribution in [0.5, 0.6) is 0 Å². The molecule has 1 aliphatic heterocycles. The van der Waals surface area contributed by atoms with Crippen LogP contribution in [0.3, 0.4) is 0 Å². The number of carbonyl (C=O) groups excluding carboxylic acids is 2. The van der Waals surface area contributed by atoms with Gasteiger partial charge in [-0.1, -0.05) is 30.3 Å². The second kappa shape index (κ2) is 8.95. The highest BCUT2D eigenvalue weighted by Gasteiger charge is 2.25. The molecule has 0 aliphatic carbocycles. The summed E-state index contributed by atoms with van der Waals surface area (Å²) in [6, 6.07) is 15.5. The van der Waals surface area contributed by atoms with Crippen molar-refractivity contribution >= 4 is 33.3 Å². The predicted molar refractivity (Wildman–Crippen MR) is 112 cm³/mol. The van der Waals surface area contributed by atoms with E-state index in [4.69, 9.17) is 0 Å². The number of carbonyl (C=O) groups is 2. The Morgan fingerprint density at radius 3 is 2.24 bits per heavy atom. The Hall–Kier alpha value is -3.07. The summed E-state index contributed by atoms with van der Waals surface area (Å²) in [5.74, 6) is -0.344. The number of urea groups is 1. The maximum Gasteiger partial charge on any atom is 0.321 e. The van der Waals surface area contributed by atoms with Crippen molar-refractivity contribution in [3.63, 3.8) is 0 Å². The van der Waals surface area contributed by atoms with E-state index >= 15 is 0 Å². The highest BCUT2D eigenvalue weighted by molar-refractivity contribution is 7.92. The highest BCUT2D eigenvalue weighted by Crippen LogP contribution is 2.18. The minimum atomic E-state index is -3.49. The van der Waals surface area contributed by atoms with Crippen LogP contribution in [-0.2, 0) is 10.0 Å². The Morgan fingerprint density at radius 1 is 0.966 bits per heavy atom. The summed E-state index contributed by atoms with van der Waals surface area (Å²) < 4.78 is 25.4. The lowest BCUT2D eigenvalue weighted by Crippen LogP contribution is -2.47. The van der Waals surface area contributed by atoms with Crippen LogP contribution in [0.1, 0.15) is 23.2 Å². The van der Waals surface area contributed by atoms with Gasteiger partial charge in [-0.05, 0) is 37.1 Å². The third-order valence-corrected chi connectivity index (χ3v) is 5.20. The Morgan fingerprint density at radius 2 is 1.59 bits per heavy atom. The van der Waals surface area contributed by atoms with E-state index in [2.05, 4.69) is 15.4 Å². The lowest BCUT2D eigenvalue weighted by atomic mass is 10.0. The van der Waals surface area contributed by atoms with Crippen molar-refractivity contribution in [1.29, 1.82) is 0 Å². The van der Waals surface area contributed by atoms with Gasteiger partial charge in [0, 0.05) is 24.8 Å². The molecule has 1 saturated heterocycles. The van der Waals surface area contributed by atoms with Crippen LogP contribution in [-0.4, -0.2) is 50.6 Å². The largest absolute Gasteiger partial charge is 0.349 e. The molecule has 0 unspecified atom stereocenters. The zero-order valence-electron chi connectivity index (χ0n) is 16.1. The Bertz CT molecular complexity index is 971. The zero-order valence-corrected chi connectivity index (χ0v) is 16.9. The van der Waals surface area contributed by atoms with E-state index in [9.17, 15) is 18.0 Å². The summed E-state index contributed by atoms with van der Waals surface area (Å²) >= 11 is 0. The fourth-order valence-electron chi connectivity index (χ4n) is 3.18. The number of hydrogen-bond acceptors (Lipinski definition) is 4. The normalized spacial score (nSPS) is 14.9. The maximum atomic E-state index is 12.6. The van der Waals surface area contributed by atoms with Gasteiger partial charge in [-0.25, -0.2) is 13.2 Å². The monoisotopic (exact) mass is 416 g/mol. The molecule has 3 amide bonds. The summed E-state index contributed by atoms with van der Waals surface area (Å²) in [4.78, 5) is 26.7. The molecule has 0 saturated carbocycles. The number of para-hydroxylation sites is 2. The fourth-order valence-corrected chi connectivity index (χ4v) is 3.76. The van der Waals surface area contributed by atoms with Gasteiger partial charge in [-0.2, -0.15) is 0 Å². The summed E-state index contributed by atoms with van der Waals surface area (Å²) in [5.41, 5.74) is 1.25. The van der Waals surface area contributed by atoms with E-state index < -0.39 is 10.0 Å². The van der Waals surface area contributed by atoms with Crippen molar-refractivity contribution in [2.45, 2.75) is 18.9 Å². The van der Waals surface area contributed by atoms with Crippen LogP contribution >= 0.6 is 0 Å². The SMILES string of the molecule is CS(=O)(=O)Nc1ccccc1C(=O)NC1CCN(C(=O)Nc2ccccc2)CC1. The second-order valence-electron chi connectivity index (χ2n) is 6.95. The number of rotatable bonds is 5. The number of sulfonamides is 1. The van der Waals surface area contributed by atoms with Crippen LogP contribution in [0.4, 0.5) is 16.2 Å². The number of benzene rings is 2. The third kappa shape index (κ3) is 5.95. The highest BCUT2D eigenvalue weighted by atomic mass is 32.2. The van der Waals surface area contributed by atoms with Gasteiger partial charge in [0.2, 0.25) is 10.0 Å². The lowest BCUT2D eigenvalue weighted by Gasteiger charge is -2.32. The third-order valence-electron chi connectivity index (χ3n) is 4.61. The average molecular weight is 417 g/mol. The van der Waals surface area contributed by atoms with E-state index in [0.29, 0.717) is 25.9 Å². The molecule has 0 radical (unpaired) electrons. The van der Waals surface area contributed by atoms with Crippen molar-refractivity contribution in [3.05, 3.63) is 60.2 Å². The van der Waals surface area contributed by atoms with Gasteiger partial charge in [-0.3, -0.25) is 9.52 Å². The van der Waals surface area contributed by atoms with Gasteiger partial charge in [0.1, 0.15) is 0 Å². The molecular weight excluding hydrogens is 392 g/mol. The van der Waals surface area contributed by atoms with Crippen molar-refractivity contribution in [3.8, 4) is 0 Å². The maximum absolute atomic E-state index is 12.6.